The Bertz CT molecular complexity index is 455. The minimum atomic E-state index is -1.26. The van der Waals surface area contributed by atoms with Gasteiger partial charge in [0.05, 0.1) is 0 Å². The molecule has 0 radical (unpaired) electrons. The maximum Gasteiger partial charge on any atom is 0.329 e. The average Bonchev–Trinajstić information content (AvgIpc) is 2.93. The highest BCUT2D eigenvalue weighted by Crippen LogP contribution is 2.20. The highest BCUT2D eigenvalue weighted by Gasteiger charge is 2.41. The number of nitrogens with zero attached hydrogens (tertiary/aromatic N) is 2. The number of hydrogen-bond donors (Lipinski definition) is 3. The van der Waals surface area contributed by atoms with Gasteiger partial charge in [0.25, 0.3) is 0 Å². The summed E-state index contributed by atoms with van der Waals surface area (Å²) in [7, 11) is 0. The van der Waals surface area contributed by atoms with Gasteiger partial charge in [-0.05, 0) is 0 Å². The van der Waals surface area contributed by atoms with Crippen molar-refractivity contribution in [2.24, 2.45) is 0 Å². The van der Waals surface area contributed by atoms with Crippen molar-refractivity contribution in [2.45, 2.75) is 24.8 Å². The van der Waals surface area contributed by atoms with E-state index in [4.69, 9.17) is 9.26 Å². The highest BCUT2D eigenvalue weighted by molar-refractivity contribution is 5.86. The van der Waals surface area contributed by atoms with Gasteiger partial charge in [0, 0.05) is 39.0 Å². The molecule has 1 aliphatic rings. The molecule has 0 unspecified atom stereocenters. The molecule has 0 aliphatic carbocycles. The fourth-order valence-electron chi connectivity index (χ4n) is 1.96. The van der Waals surface area contributed by atoms with Crippen LogP contribution in [0.3, 0.4) is 0 Å². The molecule has 0 bridgehead atoms. The zero-order valence-electron chi connectivity index (χ0n) is 10.8. The van der Waals surface area contributed by atoms with Gasteiger partial charge in [-0.15, -0.1) is 0 Å². The van der Waals surface area contributed by atoms with Gasteiger partial charge in [-0.3, -0.25) is 0 Å². The molecule has 1 aromatic heterocycles. The first-order chi connectivity index (χ1) is 9.62. The molecule has 2 amide bonds. The second-order valence-corrected chi connectivity index (χ2v) is 4.47. The van der Waals surface area contributed by atoms with Crippen LogP contribution in [0.2, 0.25) is 0 Å². The van der Waals surface area contributed by atoms with Crippen LogP contribution >= 0.6 is 0 Å². The lowest BCUT2D eigenvalue weighted by Crippen LogP contribution is -2.59. The first-order valence-electron chi connectivity index (χ1n) is 6.25. The van der Waals surface area contributed by atoms with Crippen LogP contribution in [0.25, 0.3) is 0 Å². The zero-order valence-corrected chi connectivity index (χ0v) is 10.8. The summed E-state index contributed by atoms with van der Waals surface area (Å²) in [6.07, 6.45) is 2.16. The van der Waals surface area contributed by atoms with Gasteiger partial charge in [-0.25, -0.2) is 9.59 Å². The predicted octanol–water partition coefficient (Wildman–Crippen LogP) is -0.455. The summed E-state index contributed by atoms with van der Waals surface area (Å²) in [5.74, 6) is -0.642. The Hall–Kier alpha value is -2.16. The van der Waals surface area contributed by atoms with E-state index in [9.17, 15) is 14.7 Å². The first kappa shape index (κ1) is 14.3. The van der Waals surface area contributed by atoms with E-state index in [2.05, 4.69) is 20.8 Å². The summed E-state index contributed by atoms with van der Waals surface area (Å²) in [6.45, 7) is 0.906. The number of amides is 2. The molecule has 0 saturated carbocycles. The summed E-state index contributed by atoms with van der Waals surface area (Å²) in [5, 5.41) is 17.8. The summed E-state index contributed by atoms with van der Waals surface area (Å²) in [5.41, 5.74) is -1.26. The number of carboxylic acid groups (broad SMARTS) is 1. The van der Waals surface area contributed by atoms with Gasteiger partial charge in [0.2, 0.25) is 5.89 Å². The van der Waals surface area contributed by atoms with Crippen LogP contribution in [0.5, 0.6) is 0 Å². The molecule has 0 aromatic carbocycles. The third-order valence-electron chi connectivity index (χ3n) is 3.14. The van der Waals surface area contributed by atoms with Crippen LogP contribution in [0.15, 0.2) is 10.9 Å². The molecule has 0 atom stereocenters. The average molecular weight is 284 g/mol. The van der Waals surface area contributed by atoms with Gasteiger partial charge in [-0.1, -0.05) is 5.16 Å². The zero-order chi connectivity index (χ0) is 14.4. The van der Waals surface area contributed by atoms with E-state index in [-0.39, 0.29) is 19.4 Å². The van der Waals surface area contributed by atoms with Crippen molar-refractivity contribution in [2.75, 3.05) is 19.8 Å². The predicted molar refractivity (Wildman–Crippen MR) is 65.0 cm³/mol. The number of carboxylic acids is 1. The Balaban J connectivity index is 1.81. The Morgan fingerprint density at radius 3 is 2.75 bits per heavy atom. The van der Waals surface area contributed by atoms with Crippen molar-refractivity contribution in [3.63, 3.8) is 0 Å². The summed E-state index contributed by atoms with van der Waals surface area (Å²) < 4.78 is 9.90. The standard InChI is InChI=1S/C11H16N4O5/c16-9(17)11(2-5-19-6-3-11)15-10(18)12-4-1-8-13-7-14-20-8/h7H,1-6H2,(H,16,17)(H2,12,15,18). The molecular weight excluding hydrogens is 268 g/mol. The second kappa shape index (κ2) is 6.33. The van der Waals surface area contributed by atoms with Gasteiger partial charge < -0.3 is 25.0 Å². The Labute approximate surface area is 114 Å². The molecular formula is C11H16N4O5. The monoisotopic (exact) mass is 284 g/mol. The van der Waals surface area contributed by atoms with Crippen molar-refractivity contribution in [1.82, 2.24) is 20.8 Å². The van der Waals surface area contributed by atoms with Crippen LogP contribution in [-0.2, 0) is 16.0 Å². The van der Waals surface area contributed by atoms with Crippen molar-refractivity contribution in [1.29, 1.82) is 0 Å². The van der Waals surface area contributed by atoms with E-state index in [1.165, 1.54) is 6.33 Å². The van der Waals surface area contributed by atoms with E-state index in [1.807, 2.05) is 0 Å². The number of hydrogen-bond acceptors (Lipinski definition) is 6. The normalized spacial score (nSPS) is 17.4. The third kappa shape index (κ3) is 3.44. The topological polar surface area (TPSA) is 127 Å². The minimum Gasteiger partial charge on any atom is -0.480 e. The van der Waals surface area contributed by atoms with Gasteiger partial charge in [0.15, 0.2) is 6.33 Å². The van der Waals surface area contributed by atoms with Crippen LogP contribution in [0, 0.1) is 0 Å². The summed E-state index contributed by atoms with van der Waals surface area (Å²) in [4.78, 5) is 26.9. The number of rotatable bonds is 5. The summed E-state index contributed by atoms with van der Waals surface area (Å²) in [6, 6.07) is -0.534. The Morgan fingerprint density at radius 2 is 2.15 bits per heavy atom. The highest BCUT2D eigenvalue weighted by atomic mass is 16.5. The lowest BCUT2D eigenvalue weighted by atomic mass is 9.90. The van der Waals surface area contributed by atoms with Crippen molar-refractivity contribution in [3.05, 3.63) is 12.2 Å². The second-order valence-electron chi connectivity index (χ2n) is 4.47. The Morgan fingerprint density at radius 1 is 1.40 bits per heavy atom. The SMILES string of the molecule is O=C(NCCc1ncno1)NC1(C(=O)O)CCOCC1. The summed E-state index contributed by atoms with van der Waals surface area (Å²) >= 11 is 0. The number of carbonyl (C=O) groups is 2. The fraction of sp³-hybridized carbons (Fsp3) is 0.636. The molecule has 1 aromatic rings. The molecule has 0 spiro atoms. The van der Waals surface area contributed by atoms with Crippen LogP contribution in [0.4, 0.5) is 4.79 Å². The van der Waals surface area contributed by atoms with Gasteiger partial charge in [0.1, 0.15) is 5.54 Å². The molecule has 20 heavy (non-hydrogen) atoms. The van der Waals surface area contributed by atoms with Crippen LogP contribution < -0.4 is 10.6 Å². The van der Waals surface area contributed by atoms with Crippen molar-refractivity contribution < 1.29 is 24.0 Å². The number of aliphatic carboxylic acids is 1. The number of aromatic nitrogens is 2. The molecule has 9 heteroatoms. The number of ether oxygens (including phenoxy) is 1. The molecule has 1 fully saturated rings. The van der Waals surface area contributed by atoms with Crippen molar-refractivity contribution >= 4 is 12.0 Å². The van der Waals surface area contributed by atoms with Crippen molar-refractivity contribution in [3.8, 4) is 0 Å². The fourth-order valence-corrected chi connectivity index (χ4v) is 1.96. The smallest absolute Gasteiger partial charge is 0.329 e. The van der Waals surface area contributed by atoms with Crippen LogP contribution in [-0.4, -0.2) is 52.5 Å². The van der Waals surface area contributed by atoms with E-state index in [0.717, 1.165) is 0 Å². The number of carbonyl (C=O) groups excluding carboxylic acids is 1. The molecule has 110 valence electrons. The minimum absolute atomic E-state index is 0.249. The van der Waals surface area contributed by atoms with Gasteiger partial charge in [-0.2, -0.15) is 4.98 Å². The molecule has 9 nitrogen and oxygen atoms in total. The maximum atomic E-state index is 11.8. The van der Waals surface area contributed by atoms with E-state index < -0.39 is 17.5 Å². The quantitative estimate of drug-likeness (QED) is 0.668. The number of urea groups is 1. The lowest BCUT2D eigenvalue weighted by Gasteiger charge is -2.33. The number of nitrogens with one attached hydrogen (secondary N) is 2. The largest absolute Gasteiger partial charge is 0.480 e. The van der Waals surface area contributed by atoms with Gasteiger partial charge >= 0.3 is 12.0 Å². The van der Waals surface area contributed by atoms with E-state index in [0.29, 0.717) is 25.5 Å². The Kier molecular flexibility index (Phi) is 4.51. The maximum absolute atomic E-state index is 11.8. The molecule has 1 saturated heterocycles. The molecule has 2 heterocycles. The molecule has 1 aliphatic heterocycles. The third-order valence-corrected chi connectivity index (χ3v) is 3.14. The first-order valence-corrected chi connectivity index (χ1v) is 6.25. The lowest BCUT2D eigenvalue weighted by molar-refractivity contribution is -0.148. The molecule has 3 N–H and O–H groups in total. The molecule has 2 rings (SSSR count). The van der Waals surface area contributed by atoms with E-state index >= 15 is 0 Å². The van der Waals surface area contributed by atoms with Crippen LogP contribution in [0.1, 0.15) is 18.7 Å². The van der Waals surface area contributed by atoms with E-state index in [1.54, 1.807) is 0 Å².